The predicted molar refractivity (Wildman–Crippen MR) is 85.5 cm³/mol. The van der Waals surface area contributed by atoms with Crippen molar-refractivity contribution in [3.63, 3.8) is 0 Å². The quantitative estimate of drug-likeness (QED) is 0.647. The van der Waals surface area contributed by atoms with Gasteiger partial charge in [0.1, 0.15) is 5.82 Å². The number of fused-ring (bicyclic) bond motifs is 1. The summed E-state index contributed by atoms with van der Waals surface area (Å²) in [5.74, 6) is -0.343. The molecule has 3 rings (SSSR count). The molecule has 108 valence electrons. The lowest BCUT2D eigenvalue weighted by atomic mass is 10.0. The van der Waals surface area contributed by atoms with E-state index in [1.54, 1.807) is 18.2 Å². The summed E-state index contributed by atoms with van der Waals surface area (Å²) in [6.45, 7) is 1.82. The van der Waals surface area contributed by atoms with Crippen LogP contribution in [0.5, 0.6) is 0 Å². The van der Waals surface area contributed by atoms with Gasteiger partial charge in [-0.05, 0) is 36.2 Å². The number of nitrogens with one attached hydrogen (secondary N) is 2. The molecule has 21 heavy (non-hydrogen) atoms. The molecule has 0 radical (unpaired) electrons. The van der Waals surface area contributed by atoms with E-state index in [1.165, 1.54) is 6.07 Å². The second kappa shape index (κ2) is 5.31. The zero-order valence-corrected chi connectivity index (χ0v) is 13.3. The highest BCUT2D eigenvalue weighted by Crippen LogP contribution is 2.36. The number of alkyl halides is 1. The average molecular weight is 370 g/mol. The number of aryl methyl sites for hydroxylation is 1. The summed E-state index contributed by atoms with van der Waals surface area (Å²) in [5.41, 5.74) is 2.95. The molecule has 6 heteroatoms. The van der Waals surface area contributed by atoms with Gasteiger partial charge in [0.15, 0.2) is 0 Å². The molecule has 3 aromatic rings. The van der Waals surface area contributed by atoms with E-state index in [1.807, 2.05) is 13.0 Å². The molecule has 0 amide bonds. The molecule has 1 unspecified atom stereocenters. The molecule has 0 saturated heterocycles. The number of benzene rings is 2. The fourth-order valence-electron chi connectivity index (χ4n) is 2.27. The van der Waals surface area contributed by atoms with Gasteiger partial charge in [0.2, 0.25) is 0 Å². The van der Waals surface area contributed by atoms with Crippen molar-refractivity contribution in [3.05, 3.63) is 67.8 Å². The van der Waals surface area contributed by atoms with Crippen molar-refractivity contribution in [3.8, 4) is 0 Å². The number of aromatic nitrogens is 2. The highest BCUT2D eigenvalue weighted by molar-refractivity contribution is 9.10. The summed E-state index contributed by atoms with van der Waals surface area (Å²) >= 11 is 9.85. The second-order valence-corrected chi connectivity index (χ2v) is 6.18. The molecule has 0 spiro atoms. The number of rotatable bonds is 2. The minimum atomic E-state index is -0.650. The summed E-state index contributed by atoms with van der Waals surface area (Å²) in [5, 5.41) is -0.650. The van der Waals surface area contributed by atoms with Gasteiger partial charge < -0.3 is 9.97 Å². The van der Waals surface area contributed by atoms with Gasteiger partial charge in [-0.15, -0.1) is 11.6 Å². The number of imidazole rings is 1. The van der Waals surface area contributed by atoms with Crippen molar-refractivity contribution in [2.24, 2.45) is 0 Å². The first kappa shape index (κ1) is 14.4. The number of hydrogen-bond donors (Lipinski definition) is 2. The molecule has 0 aliphatic rings. The number of hydrogen-bond acceptors (Lipinski definition) is 1. The summed E-state index contributed by atoms with van der Waals surface area (Å²) < 4.78 is 14.8. The molecular weight excluding hydrogens is 359 g/mol. The summed E-state index contributed by atoms with van der Waals surface area (Å²) in [4.78, 5) is 16.7. The topological polar surface area (TPSA) is 48.6 Å². The molecule has 0 fully saturated rings. The molecular formula is C15H11BrClFN2O. The van der Waals surface area contributed by atoms with Crippen LogP contribution >= 0.6 is 27.5 Å². The predicted octanol–water partition coefficient (Wildman–Crippen LogP) is 4.39. The fourth-order valence-corrected chi connectivity index (χ4v) is 3.33. The number of halogens is 3. The summed E-state index contributed by atoms with van der Waals surface area (Å²) in [6.07, 6.45) is 0. The van der Waals surface area contributed by atoms with E-state index >= 15 is 0 Å². The van der Waals surface area contributed by atoms with Gasteiger partial charge in [-0.1, -0.05) is 28.1 Å². The number of H-pyrrole nitrogens is 2. The molecule has 1 atom stereocenters. The SMILES string of the molecule is Cc1ccc(C(Cl)c2cc3[nH]c(=O)[nH]c3cc2Br)c(F)c1. The largest absolute Gasteiger partial charge is 0.323 e. The van der Waals surface area contributed by atoms with Crippen LogP contribution in [0.2, 0.25) is 0 Å². The van der Waals surface area contributed by atoms with E-state index in [2.05, 4.69) is 25.9 Å². The van der Waals surface area contributed by atoms with E-state index in [0.29, 0.717) is 26.6 Å². The van der Waals surface area contributed by atoms with Crippen LogP contribution in [-0.4, -0.2) is 9.97 Å². The lowest BCUT2D eigenvalue weighted by Crippen LogP contribution is -1.99. The highest BCUT2D eigenvalue weighted by atomic mass is 79.9. The van der Waals surface area contributed by atoms with E-state index in [4.69, 9.17) is 11.6 Å². The fraction of sp³-hybridized carbons (Fsp3) is 0.133. The molecule has 1 aromatic heterocycles. The third-order valence-electron chi connectivity index (χ3n) is 3.34. The Hall–Kier alpha value is -1.59. The maximum atomic E-state index is 14.1. The Morgan fingerprint density at radius 1 is 1.14 bits per heavy atom. The van der Waals surface area contributed by atoms with Crippen molar-refractivity contribution >= 4 is 38.6 Å². The van der Waals surface area contributed by atoms with Gasteiger partial charge in [0.05, 0.1) is 16.4 Å². The Bertz CT molecular complexity index is 887. The van der Waals surface area contributed by atoms with Gasteiger partial charge in [-0.2, -0.15) is 0 Å². The van der Waals surface area contributed by atoms with Gasteiger partial charge in [-0.25, -0.2) is 9.18 Å². The number of aromatic amines is 2. The minimum absolute atomic E-state index is 0.290. The van der Waals surface area contributed by atoms with Gasteiger partial charge in [-0.3, -0.25) is 0 Å². The van der Waals surface area contributed by atoms with Crippen molar-refractivity contribution in [2.45, 2.75) is 12.3 Å². The van der Waals surface area contributed by atoms with Crippen LogP contribution in [-0.2, 0) is 0 Å². The lowest BCUT2D eigenvalue weighted by Gasteiger charge is -2.14. The monoisotopic (exact) mass is 368 g/mol. The van der Waals surface area contributed by atoms with Gasteiger partial charge in [0.25, 0.3) is 0 Å². The molecule has 0 aliphatic heterocycles. The second-order valence-electron chi connectivity index (χ2n) is 4.89. The Morgan fingerprint density at radius 2 is 1.81 bits per heavy atom. The van der Waals surface area contributed by atoms with Crippen molar-refractivity contribution in [1.29, 1.82) is 0 Å². The van der Waals surface area contributed by atoms with E-state index in [9.17, 15) is 9.18 Å². The maximum Gasteiger partial charge on any atom is 0.323 e. The molecule has 1 heterocycles. The van der Waals surface area contributed by atoms with Crippen molar-refractivity contribution in [2.75, 3.05) is 0 Å². The van der Waals surface area contributed by atoms with Crippen LogP contribution in [0, 0.1) is 12.7 Å². The Balaban J connectivity index is 2.14. The molecule has 3 nitrogen and oxygen atoms in total. The van der Waals surface area contributed by atoms with Crippen LogP contribution in [0.15, 0.2) is 39.6 Å². The summed E-state index contributed by atoms with van der Waals surface area (Å²) in [6, 6.07) is 8.45. The van der Waals surface area contributed by atoms with E-state index in [0.717, 1.165) is 5.56 Å². The average Bonchev–Trinajstić information content (AvgIpc) is 2.76. The molecule has 2 aromatic carbocycles. The van der Waals surface area contributed by atoms with Gasteiger partial charge >= 0.3 is 5.69 Å². The van der Waals surface area contributed by atoms with E-state index in [-0.39, 0.29) is 11.5 Å². The Labute approximate surface area is 133 Å². The van der Waals surface area contributed by atoms with Crippen LogP contribution in [0.4, 0.5) is 4.39 Å². The first-order chi connectivity index (χ1) is 9.95. The standard InChI is InChI=1S/C15H11BrClFN2O/c1-7-2-3-8(11(18)4-7)14(17)9-5-12-13(6-10(9)16)20-15(21)19-12/h2-6,14H,1H3,(H2,19,20,21). The molecule has 2 N–H and O–H groups in total. The zero-order valence-electron chi connectivity index (χ0n) is 11.0. The Kier molecular flexibility index (Phi) is 3.63. The van der Waals surface area contributed by atoms with Crippen LogP contribution < -0.4 is 5.69 Å². The Morgan fingerprint density at radius 3 is 2.48 bits per heavy atom. The maximum absolute atomic E-state index is 14.1. The van der Waals surface area contributed by atoms with Crippen molar-refractivity contribution < 1.29 is 4.39 Å². The van der Waals surface area contributed by atoms with Gasteiger partial charge in [0, 0.05) is 10.0 Å². The smallest absolute Gasteiger partial charge is 0.306 e. The normalized spacial score (nSPS) is 12.8. The molecule has 0 saturated carbocycles. The van der Waals surface area contributed by atoms with E-state index < -0.39 is 5.38 Å². The van der Waals surface area contributed by atoms with Crippen LogP contribution in [0.25, 0.3) is 11.0 Å². The van der Waals surface area contributed by atoms with Crippen LogP contribution in [0.3, 0.4) is 0 Å². The third-order valence-corrected chi connectivity index (χ3v) is 4.49. The summed E-state index contributed by atoms with van der Waals surface area (Å²) in [7, 11) is 0. The first-order valence-corrected chi connectivity index (χ1v) is 7.50. The first-order valence-electron chi connectivity index (χ1n) is 6.27. The van der Waals surface area contributed by atoms with Crippen molar-refractivity contribution in [1.82, 2.24) is 9.97 Å². The molecule has 0 aliphatic carbocycles. The van der Waals surface area contributed by atoms with Crippen LogP contribution in [0.1, 0.15) is 22.1 Å². The zero-order chi connectivity index (χ0) is 15.1. The third kappa shape index (κ3) is 2.63. The molecule has 0 bridgehead atoms. The lowest BCUT2D eigenvalue weighted by molar-refractivity contribution is 0.611. The highest BCUT2D eigenvalue weighted by Gasteiger charge is 2.19. The minimum Gasteiger partial charge on any atom is -0.306 e.